The van der Waals surface area contributed by atoms with Gasteiger partial charge in [-0.15, -0.1) is 0 Å². The highest BCUT2D eigenvalue weighted by Crippen LogP contribution is 2.42. The van der Waals surface area contributed by atoms with E-state index in [2.05, 4.69) is 0 Å². The molecule has 0 saturated carbocycles. The Balaban J connectivity index is 1.66. The second kappa shape index (κ2) is 11.1. The molecule has 0 saturated heterocycles. The lowest BCUT2D eigenvalue weighted by atomic mass is 10.1. The van der Waals surface area contributed by atoms with Gasteiger partial charge >= 0.3 is 22.7 Å². The molecule has 5 rings (SSSR count). The Morgan fingerprint density at radius 1 is 0.556 bits per heavy atom. The van der Waals surface area contributed by atoms with E-state index in [9.17, 15) is 58.8 Å². The van der Waals surface area contributed by atoms with Crippen molar-refractivity contribution < 1.29 is 47.5 Å². The van der Waals surface area contributed by atoms with Crippen LogP contribution in [0.1, 0.15) is 20.7 Å². The molecule has 45 heavy (non-hydrogen) atoms. The number of nitro benzene ring substituents is 4. The van der Waals surface area contributed by atoms with Crippen molar-refractivity contribution in [1.29, 1.82) is 0 Å². The number of amides is 2. The Morgan fingerprint density at radius 3 is 1.29 bits per heavy atom. The summed E-state index contributed by atoms with van der Waals surface area (Å²) in [7, 11) is 0. The van der Waals surface area contributed by atoms with Crippen LogP contribution >= 0.6 is 0 Å². The fraction of sp³-hybridized carbons (Fsp3) is 0. The largest absolute Gasteiger partial charge is 0.450 e. The highest BCUT2D eigenvalue weighted by Gasteiger charge is 2.37. The zero-order valence-electron chi connectivity index (χ0n) is 21.7. The number of anilines is 1. The lowest BCUT2D eigenvalue weighted by molar-refractivity contribution is -0.396. The zero-order valence-corrected chi connectivity index (χ0v) is 21.7. The number of carbonyl (C=O) groups excluding carboxylic acids is 2. The van der Waals surface area contributed by atoms with Crippen LogP contribution in [0.3, 0.4) is 0 Å². The Kier molecular flexibility index (Phi) is 7.26. The minimum atomic E-state index is -1.52. The van der Waals surface area contributed by atoms with Gasteiger partial charge in [0.15, 0.2) is 0 Å². The van der Waals surface area contributed by atoms with Crippen molar-refractivity contribution in [3.8, 4) is 23.0 Å². The van der Waals surface area contributed by atoms with Gasteiger partial charge in [0.05, 0.1) is 36.5 Å². The maximum absolute atomic E-state index is 14.4. The van der Waals surface area contributed by atoms with Crippen molar-refractivity contribution in [2.75, 3.05) is 4.90 Å². The smallest absolute Gasteiger partial charge is 0.318 e. The number of benzene rings is 4. The van der Waals surface area contributed by atoms with Crippen LogP contribution < -0.4 is 14.4 Å². The van der Waals surface area contributed by atoms with Gasteiger partial charge in [0.1, 0.15) is 23.6 Å². The first-order valence-electron chi connectivity index (χ1n) is 12.0. The van der Waals surface area contributed by atoms with E-state index in [4.69, 9.17) is 9.47 Å². The molecular formula is C26H11F2N5O12. The minimum Gasteiger partial charge on any atom is -0.450 e. The monoisotopic (exact) mass is 623 g/mol. The molecule has 0 N–H and O–H groups in total. The topological polar surface area (TPSA) is 228 Å². The highest BCUT2D eigenvalue weighted by atomic mass is 19.1. The summed E-state index contributed by atoms with van der Waals surface area (Å²) >= 11 is 0. The van der Waals surface area contributed by atoms with Crippen LogP contribution in [-0.2, 0) is 0 Å². The lowest BCUT2D eigenvalue weighted by Crippen LogP contribution is -2.29. The number of nitrogens with zero attached hydrogens (tertiary/aromatic N) is 5. The highest BCUT2D eigenvalue weighted by molar-refractivity contribution is 6.34. The fourth-order valence-electron chi connectivity index (χ4n) is 4.28. The molecule has 2 amide bonds. The van der Waals surface area contributed by atoms with E-state index < -0.39 is 88.9 Å². The Hall–Kier alpha value is -6.92. The summed E-state index contributed by atoms with van der Waals surface area (Å²) in [5.41, 5.74) is -5.00. The number of nitro groups is 4. The summed E-state index contributed by atoms with van der Waals surface area (Å²) < 4.78 is 39.7. The summed E-state index contributed by atoms with van der Waals surface area (Å²) in [6.45, 7) is 0. The van der Waals surface area contributed by atoms with E-state index in [0.717, 1.165) is 18.2 Å². The van der Waals surface area contributed by atoms with E-state index in [1.54, 1.807) is 0 Å². The fourth-order valence-corrected chi connectivity index (χ4v) is 4.28. The lowest BCUT2D eigenvalue weighted by Gasteiger charge is -2.17. The molecule has 0 radical (unpaired) electrons. The maximum atomic E-state index is 14.4. The number of imide groups is 1. The van der Waals surface area contributed by atoms with Crippen molar-refractivity contribution in [2.45, 2.75) is 0 Å². The normalized spacial score (nSPS) is 12.1. The average molecular weight is 623 g/mol. The van der Waals surface area contributed by atoms with Crippen molar-refractivity contribution >= 4 is 40.3 Å². The quantitative estimate of drug-likeness (QED) is 0.119. The van der Waals surface area contributed by atoms with E-state index in [1.807, 2.05) is 0 Å². The van der Waals surface area contributed by atoms with Gasteiger partial charge in [0, 0.05) is 30.3 Å². The van der Waals surface area contributed by atoms with Crippen LogP contribution in [0.5, 0.6) is 23.0 Å². The van der Waals surface area contributed by atoms with Crippen LogP contribution in [0.4, 0.5) is 37.2 Å². The zero-order chi connectivity index (χ0) is 32.7. The number of rotatable bonds is 9. The van der Waals surface area contributed by atoms with Crippen LogP contribution in [0, 0.1) is 52.1 Å². The van der Waals surface area contributed by atoms with Gasteiger partial charge in [-0.05, 0) is 12.1 Å². The first-order valence-corrected chi connectivity index (χ1v) is 12.0. The molecule has 0 aromatic heterocycles. The van der Waals surface area contributed by atoms with E-state index in [1.165, 1.54) is 24.3 Å². The van der Waals surface area contributed by atoms with Crippen LogP contribution in [0.2, 0.25) is 0 Å². The molecule has 19 heteroatoms. The number of hydrogen-bond donors (Lipinski definition) is 0. The second-order valence-corrected chi connectivity index (χ2v) is 8.93. The van der Waals surface area contributed by atoms with Crippen LogP contribution in [0.15, 0.2) is 66.7 Å². The van der Waals surface area contributed by atoms with Gasteiger partial charge in [-0.3, -0.25) is 50.0 Å². The standard InChI is InChI=1S/C26H11F2N5O12/c27-17-8-23(21(32(40)41)10-19(17)30(36)37)44-13-5-12(29-25(34)15-3-1-2-4-16(15)26(29)35)6-14(7-13)45-24-9-18(28)20(31(38)39)11-22(24)33(42)43/h1-11H. The predicted octanol–water partition coefficient (Wildman–Crippen LogP) is 5.98. The first kappa shape index (κ1) is 29.6. The molecule has 17 nitrogen and oxygen atoms in total. The van der Waals surface area contributed by atoms with Gasteiger partial charge in [-0.2, -0.15) is 8.78 Å². The molecule has 4 aromatic rings. The molecule has 0 spiro atoms. The molecule has 0 bridgehead atoms. The van der Waals surface area contributed by atoms with E-state index >= 15 is 0 Å². The third kappa shape index (κ3) is 5.38. The van der Waals surface area contributed by atoms with Crippen LogP contribution in [0.25, 0.3) is 0 Å². The first-order chi connectivity index (χ1) is 21.3. The third-order valence-corrected chi connectivity index (χ3v) is 6.22. The molecule has 1 aliphatic heterocycles. The molecule has 0 aliphatic carbocycles. The second-order valence-electron chi connectivity index (χ2n) is 8.93. The summed E-state index contributed by atoms with van der Waals surface area (Å²) in [6.07, 6.45) is 0. The third-order valence-electron chi connectivity index (χ3n) is 6.22. The molecule has 1 heterocycles. The van der Waals surface area contributed by atoms with Gasteiger partial charge in [-0.1, -0.05) is 12.1 Å². The molecule has 226 valence electrons. The van der Waals surface area contributed by atoms with E-state index in [-0.39, 0.29) is 16.8 Å². The summed E-state index contributed by atoms with van der Waals surface area (Å²) in [5.74, 6) is -7.55. The molecule has 0 atom stereocenters. The van der Waals surface area contributed by atoms with Gasteiger partial charge < -0.3 is 9.47 Å². The van der Waals surface area contributed by atoms with Gasteiger partial charge in [0.2, 0.25) is 23.1 Å². The minimum absolute atomic E-state index is 0.0163. The SMILES string of the molecule is O=C1c2ccccc2C(=O)N1c1cc(Oc2cc(F)c([N+](=O)[O-])cc2[N+](=O)[O-])cc(Oc2cc(F)c([N+](=O)[O-])cc2[N+](=O)[O-])c1. The van der Waals surface area contributed by atoms with Crippen molar-refractivity contribution in [3.63, 3.8) is 0 Å². The summed E-state index contributed by atoms with van der Waals surface area (Å²) in [5, 5.41) is 45.4. The number of hydrogen-bond acceptors (Lipinski definition) is 12. The molecule has 0 fully saturated rings. The number of carbonyl (C=O) groups is 2. The predicted molar refractivity (Wildman–Crippen MR) is 144 cm³/mol. The number of ether oxygens (including phenoxy) is 2. The molecule has 4 aromatic carbocycles. The number of halogens is 2. The van der Waals surface area contributed by atoms with Crippen LogP contribution in [-0.4, -0.2) is 31.5 Å². The summed E-state index contributed by atoms with van der Waals surface area (Å²) in [6, 6.07) is 9.73. The van der Waals surface area contributed by atoms with E-state index in [0.29, 0.717) is 29.2 Å². The average Bonchev–Trinajstić information content (AvgIpc) is 3.21. The summed E-state index contributed by atoms with van der Waals surface area (Å²) in [4.78, 5) is 67.7. The molecule has 0 unspecified atom stereocenters. The van der Waals surface area contributed by atoms with Gasteiger partial charge in [0.25, 0.3) is 11.8 Å². The Bertz CT molecular complexity index is 1880. The van der Waals surface area contributed by atoms with Crippen molar-refractivity contribution in [2.24, 2.45) is 0 Å². The van der Waals surface area contributed by atoms with Crippen molar-refractivity contribution in [1.82, 2.24) is 0 Å². The number of fused-ring (bicyclic) bond motifs is 1. The molecular weight excluding hydrogens is 612 g/mol. The maximum Gasteiger partial charge on any atom is 0.318 e. The Morgan fingerprint density at radius 2 is 0.933 bits per heavy atom. The molecule has 1 aliphatic rings. The van der Waals surface area contributed by atoms with Crippen molar-refractivity contribution in [3.05, 3.63) is 130 Å². The van der Waals surface area contributed by atoms with Gasteiger partial charge in [-0.25, -0.2) is 4.90 Å². The Labute approximate surface area is 246 Å².